The van der Waals surface area contributed by atoms with Crippen LogP contribution in [0.25, 0.3) is 0 Å². The summed E-state index contributed by atoms with van der Waals surface area (Å²) in [5.74, 6) is -0.133. The first kappa shape index (κ1) is 15.2. The van der Waals surface area contributed by atoms with E-state index in [1.54, 1.807) is 6.92 Å². The third-order valence-electron chi connectivity index (χ3n) is 3.39. The molecule has 1 saturated heterocycles. The van der Waals surface area contributed by atoms with Crippen molar-refractivity contribution in [1.29, 1.82) is 0 Å². The van der Waals surface area contributed by atoms with E-state index in [-0.39, 0.29) is 28.9 Å². The fraction of sp³-hybridized carbons (Fsp3) is 0.500. The summed E-state index contributed by atoms with van der Waals surface area (Å²) in [6.45, 7) is 3.58. The van der Waals surface area contributed by atoms with Gasteiger partial charge in [-0.05, 0) is 38.4 Å². The molecule has 1 fully saturated rings. The molecule has 0 radical (unpaired) electrons. The van der Waals surface area contributed by atoms with Gasteiger partial charge >= 0.3 is 5.69 Å². The second-order valence-corrected chi connectivity index (χ2v) is 4.88. The van der Waals surface area contributed by atoms with Crippen molar-refractivity contribution >= 4 is 11.6 Å². The predicted octanol–water partition coefficient (Wildman–Crippen LogP) is 1.48. The second kappa shape index (κ2) is 7.03. The van der Waals surface area contributed by atoms with Crippen molar-refractivity contribution in [3.8, 4) is 5.75 Å². The molecule has 114 valence electrons. The molecule has 0 spiro atoms. The molecule has 2 N–H and O–H groups in total. The zero-order chi connectivity index (χ0) is 15.2. The van der Waals surface area contributed by atoms with Crippen LogP contribution >= 0.6 is 0 Å². The van der Waals surface area contributed by atoms with Gasteiger partial charge in [-0.2, -0.15) is 0 Å². The second-order valence-electron chi connectivity index (χ2n) is 4.88. The van der Waals surface area contributed by atoms with E-state index in [4.69, 9.17) is 4.74 Å². The van der Waals surface area contributed by atoms with E-state index in [2.05, 4.69) is 10.6 Å². The van der Waals surface area contributed by atoms with Crippen LogP contribution in [0.15, 0.2) is 18.2 Å². The number of ether oxygens (including phenoxy) is 1. The monoisotopic (exact) mass is 293 g/mol. The first-order valence-corrected chi connectivity index (χ1v) is 7.04. The first-order valence-electron chi connectivity index (χ1n) is 7.04. The highest BCUT2D eigenvalue weighted by molar-refractivity contribution is 5.95. The molecule has 1 unspecified atom stereocenters. The van der Waals surface area contributed by atoms with Crippen molar-refractivity contribution in [3.05, 3.63) is 33.9 Å². The Morgan fingerprint density at radius 2 is 2.38 bits per heavy atom. The average molecular weight is 293 g/mol. The molecule has 0 bridgehead atoms. The van der Waals surface area contributed by atoms with Gasteiger partial charge < -0.3 is 15.4 Å². The lowest BCUT2D eigenvalue weighted by Crippen LogP contribution is -2.37. The smallest absolute Gasteiger partial charge is 0.311 e. The standard InChI is InChI=1S/C14H19N3O4/c1-2-21-13-6-5-10(8-12(13)17(19)20)14(18)16-9-11-4-3-7-15-11/h5-6,8,11,15H,2-4,7,9H2,1H3,(H,16,18). The number of hydrogen-bond donors (Lipinski definition) is 2. The fourth-order valence-corrected chi connectivity index (χ4v) is 2.33. The number of amides is 1. The van der Waals surface area contributed by atoms with Crippen LogP contribution in [0.3, 0.4) is 0 Å². The molecule has 2 rings (SSSR count). The molecule has 7 nitrogen and oxygen atoms in total. The summed E-state index contributed by atoms with van der Waals surface area (Å²) in [6.07, 6.45) is 2.14. The molecule has 1 atom stereocenters. The molecular weight excluding hydrogens is 274 g/mol. The summed E-state index contributed by atoms with van der Waals surface area (Å²) < 4.78 is 5.19. The van der Waals surface area contributed by atoms with Gasteiger partial charge in [0.15, 0.2) is 5.75 Å². The summed E-state index contributed by atoms with van der Waals surface area (Å²) in [6, 6.07) is 4.54. The van der Waals surface area contributed by atoms with E-state index in [9.17, 15) is 14.9 Å². The van der Waals surface area contributed by atoms with Gasteiger partial charge in [0.2, 0.25) is 0 Å². The minimum absolute atomic E-state index is 0.177. The summed E-state index contributed by atoms with van der Waals surface area (Å²) in [5, 5.41) is 17.1. The Kier molecular flexibility index (Phi) is 5.10. The Morgan fingerprint density at radius 3 is 3.00 bits per heavy atom. The Bertz CT molecular complexity index is 527. The van der Waals surface area contributed by atoms with Crippen LogP contribution in [0.1, 0.15) is 30.1 Å². The number of nitrogens with zero attached hydrogens (tertiary/aromatic N) is 1. The van der Waals surface area contributed by atoms with Crippen molar-refractivity contribution in [2.45, 2.75) is 25.8 Å². The third-order valence-corrected chi connectivity index (χ3v) is 3.39. The van der Waals surface area contributed by atoms with Crippen molar-refractivity contribution in [3.63, 3.8) is 0 Å². The minimum Gasteiger partial charge on any atom is -0.487 e. The Labute approximate surface area is 122 Å². The lowest BCUT2D eigenvalue weighted by Gasteiger charge is -2.12. The van der Waals surface area contributed by atoms with Crippen LogP contribution in [0.2, 0.25) is 0 Å². The fourth-order valence-electron chi connectivity index (χ4n) is 2.33. The van der Waals surface area contributed by atoms with E-state index in [0.29, 0.717) is 13.2 Å². The van der Waals surface area contributed by atoms with E-state index >= 15 is 0 Å². The van der Waals surface area contributed by atoms with Gasteiger partial charge in [0, 0.05) is 24.2 Å². The largest absolute Gasteiger partial charge is 0.487 e. The van der Waals surface area contributed by atoms with Crippen LogP contribution in [0, 0.1) is 10.1 Å². The topological polar surface area (TPSA) is 93.5 Å². The Morgan fingerprint density at radius 1 is 1.57 bits per heavy atom. The van der Waals surface area contributed by atoms with Gasteiger partial charge in [-0.15, -0.1) is 0 Å². The van der Waals surface area contributed by atoms with Crippen LogP contribution in [-0.4, -0.2) is 36.6 Å². The molecule has 0 saturated carbocycles. The highest BCUT2D eigenvalue weighted by Crippen LogP contribution is 2.27. The zero-order valence-corrected chi connectivity index (χ0v) is 11.9. The molecule has 1 aromatic carbocycles. The molecular formula is C14H19N3O4. The number of hydrogen-bond acceptors (Lipinski definition) is 5. The number of benzene rings is 1. The minimum atomic E-state index is -0.541. The molecule has 1 aliphatic rings. The lowest BCUT2D eigenvalue weighted by molar-refractivity contribution is -0.385. The average Bonchev–Trinajstić information content (AvgIpc) is 2.98. The van der Waals surface area contributed by atoms with Crippen molar-refractivity contribution in [1.82, 2.24) is 10.6 Å². The number of nitrogens with one attached hydrogen (secondary N) is 2. The van der Waals surface area contributed by atoms with Crippen molar-refractivity contribution in [2.75, 3.05) is 19.7 Å². The van der Waals surface area contributed by atoms with E-state index in [1.165, 1.54) is 18.2 Å². The summed E-state index contributed by atoms with van der Waals surface area (Å²) >= 11 is 0. The van der Waals surface area contributed by atoms with Gasteiger partial charge in [0.05, 0.1) is 11.5 Å². The van der Waals surface area contributed by atoms with Gasteiger partial charge in [0.25, 0.3) is 5.91 Å². The summed E-state index contributed by atoms with van der Waals surface area (Å²) in [7, 11) is 0. The number of carbonyl (C=O) groups excluding carboxylic acids is 1. The van der Waals surface area contributed by atoms with Crippen LogP contribution in [0.4, 0.5) is 5.69 Å². The molecule has 21 heavy (non-hydrogen) atoms. The molecule has 1 aromatic rings. The zero-order valence-electron chi connectivity index (χ0n) is 11.9. The number of carbonyl (C=O) groups is 1. The molecule has 1 aliphatic heterocycles. The molecule has 1 amide bonds. The number of nitro benzene ring substituents is 1. The maximum absolute atomic E-state index is 12.0. The normalized spacial score (nSPS) is 17.5. The SMILES string of the molecule is CCOc1ccc(C(=O)NCC2CCCN2)cc1[N+](=O)[O-]. The van der Waals surface area contributed by atoms with E-state index in [1.807, 2.05) is 0 Å². The lowest BCUT2D eigenvalue weighted by atomic mass is 10.1. The summed E-state index contributed by atoms with van der Waals surface area (Å²) in [4.78, 5) is 22.5. The van der Waals surface area contributed by atoms with Crippen molar-refractivity contribution < 1.29 is 14.5 Å². The van der Waals surface area contributed by atoms with Gasteiger partial charge in [-0.25, -0.2) is 0 Å². The quantitative estimate of drug-likeness (QED) is 0.612. The van der Waals surface area contributed by atoms with Crippen LogP contribution < -0.4 is 15.4 Å². The highest BCUT2D eigenvalue weighted by Gasteiger charge is 2.20. The maximum atomic E-state index is 12.0. The van der Waals surface area contributed by atoms with Gasteiger partial charge in [0.1, 0.15) is 0 Å². The van der Waals surface area contributed by atoms with E-state index in [0.717, 1.165) is 19.4 Å². The van der Waals surface area contributed by atoms with Crippen LogP contribution in [-0.2, 0) is 0 Å². The third kappa shape index (κ3) is 3.91. The first-order chi connectivity index (χ1) is 10.1. The van der Waals surface area contributed by atoms with Crippen LogP contribution in [0.5, 0.6) is 5.75 Å². The summed E-state index contributed by atoms with van der Waals surface area (Å²) in [5.41, 5.74) is 0.0756. The van der Waals surface area contributed by atoms with Gasteiger partial charge in [-0.3, -0.25) is 14.9 Å². The number of nitro groups is 1. The molecule has 0 aliphatic carbocycles. The van der Waals surface area contributed by atoms with E-state index < -0.39 is 4.92 Å². The Balaban J connectivity index is 2.06. The maximum Gasteiger partial charge on any atom is 0.311 e. The number of rotatable bonds is 6. The molecule has 7 heteroatoms. The molecule has 0 aromatic heterocycles. The van der Waals surface area contributed by atoms with Gasteiger partial charge in [-0.1, -0.05) is 0 Å². The van der Waals surface area contributed by atoms with Crippen molar-refractivity contribution in [2.24, 2.45) is 0 Å². The molecule has 1 heterocycles. The predicted molar refractivity (Wildman–Crippen MR) is 77.6 cm³/mol. The highest BCUT2D eigenvalue weighted by atomic mass is 16.6. The Hall–Kier alpha value is -2.15.